The monoisotopic (exact) mass is 253 g/mol. The molecular weight excluding hydrogens is 238 g/mol. The number of rotatable bonds is 4. The smallest absolute Gasteiger partial charge is 0.231 e. The molecule has 1 aromatic carbocycles. The highest BCUT2D eigenvalue weighted by Gasteiger charge is 2.07. The molecule has 0 aliphatic heterocycles. The van der Waals surface area contributed by atoms with E-state index in [1.54, 1.807) is 12.3 Å². The number of nitriles is 1. The van der Waals surface area contributed by atoms with E-state index < -0.39 is 0 Å². The van der Waals surface area contributed by atoms with Crippen LogP contribution in [-0.2, 0) is 6.42 Å². The molecule has 0 fully saturated rings. The zero-order valence-corrected chi connectivity index (χ0v) is 10.8. The number of nitrogens with zero attached hydrogens (tertiary/aromatic N) is 2. The summed E-state index contributed by atoms with van der Waals surface area (Å²) in [5.74, 6) is 0.386. The van der Waals surface area contributed by atoms with Gasteiger partial charge in [0.2, 0.25) is 5.88 Å². The van der Waals surface area contributed by atoms with Gasteiger partial charge in [-0.2, -0.15) is 5.26 Å². The zero-order chi connectivity index (χ0) is 13.7. The van der Waals surface area contributed by atoms with Crippen LogP contribution in [0.3, 0.4) is 0 Å². The van der Waals surface area contributed by atoms with Crippen LogP contribution in [-0.4, -0.2) is 11.6 Å². The Morgan fingerprint density at radius 2 is 2.11 bits per heavy atom. The van der Waals surface area contributed by atoms with E-state index in [9.17, 15) is 0 Å². The summed E-state index contributed by atoms with van der Waals surface area (Å²) in [6.07, 6.45) is 2.33. The summed E-state index contributed by atoms with van der Waals surface area (Å²) in [7, 11) is 0. The van der Waals surface area contributed by atoms with Gasteiger partial charge in [0.25, 0.3) is 0 Å². The van der Waals surface area contributed by atoms with Crippen molar-refractivity contribution >= 4 is 5.69 Å². The third-order valence-electron chi connectivity index (χ3n) is 2.90. The molecule has 0 saturated heterocycles. The van der Waals surface area contributed by atoms with Crippen molar-refractivity contribution in [2.75, 3.05) is 12.3 Å². The van der Waals surface area contributed by atoms with Crippen molar-refractivity contribution in [1.29, 1.82) is 5.26 Å². The second-order valence-corrected chi connectivity index (χ2v) is 4.22. The van der Waals surface area contributed by atoms with Crippen LogP contribution in [0.2, 0.25) is 0 Å². The number of nitrogens with two attached hydrogens (primary N) is 1. The van der Waals surface area contributed by atoms with Crippen LogP contribution in [0.25, 0.3) is 0 Å². The van der Waals surface area contributed by atoms with Crippen LogP contribution in [0.4, 0.5) is 5.69 Å². The minimum absolute atomic E-state index is 0.386. The summed E-state index contributed by atoms with van der Waals surface area (Å²) < 4.78 is 5.58. The van der Waals surface area contributed by atoms with E-state index in [1.807, 2.05) is 31.2 Å². The van der Waals surface area contributed by atoms with Crippen LogP contribution >= 0.6 is 0 Å². The van der Waals surface area contributed by atoms with Crippen molar-refractivity contribution in [3.05, 3.63) is 53.2 Å². The molecule has 0 saturated carbocycles. The van der Waals surface area contributed by atoms with E-state index in [2.05, 4.69) is 11.1 Å². The number of nitrogen functional groups attached to an aromatic ring is 1. The van der Waals surface area contributed by atoms with Gasteiger partial charge in [0.1, 0.15) is 11.6 Å². The summed E-state index contributed by atoms with van der Waals surface area (Å²) in [6.45, 7) is 2.31. The first kappa shape index (κ1) is 12.9. The van der Waals surface area contributed by atoms with E-state index in [0.717, 1.165) is 16.8 Å². The highest BCUT2D eigenvalue weighted by atomic mass is 16.5. The van der Waals surface area contributed by atoms with Crippen molar-refractivity contribution < 1.29 is 4.74 Å². The molecule has 1 aromatic heterocycles. The van der Waals surface area contributed by atoms with E-state index >= 15 is 0 Å². The largest absolute Gasteiger partial charge is 0.476 e. The van der Waals surface area contributed by atoms with E-state index in [-0.39, 0.29) is 0 Å². The molecule has 19 heavy (non-hydrogen) atoms. The first-order valence-electron chi connectivity index (χ1n) is 6.04. The van der Waals surface area contributed by atoms with Crippen LogP contribution in [0.15, 0.2) is 36.5 Å². The fourth-order valence-corrected chi connectivity index (χ4v) is 1.80. The van der Waals surface area contributed by atoms with Crippen LogP contribution in [0.1, 0.15) is 16.7 Å². The van der Waals surface area contributed by atoms with Gasteiger partial charge in [-0.3, -0.25) is 0 Å². The normalized spacial score (nSPS) is 9.89. The number of para-hydroxylation sites is 1. The molecule has 96 valence electrons. The predicted octanol–water partition coefficient (Wildman–Crippen LogP) is 2.47. The van der Waals surface area contributed by atoms with Crippen LogP contribution in [0, 0.1) is 18.3 Å². The van der Waals surface area contributed by atoms with Gasteiger partial charge in [-0.05, 0) is 30.2 Å². The standard InChI is InChI=1S/C15H15N3O/c1-11-6-8-18-15(13(11)10-16)19-9-7-12-4-2-3-5-14(12)17/h2-6,8H,7,9,17H2,1H3. The number of hydrogen-bond acceptors (Lipinski definition) is 4. The maximum absolute atomic E-state index is 9.07. The fraction of sp³-hybridized carbons (Fsp3) is 0.200. The molecule has 2 aromatic rings. The summed E-state index contributed by atoms with van der Waals surface area (Å²) in [6, 6.07) is 11.6. The van der Waals surface area contributed by atoms with E-state index in [1.165, 1.54) is 0 Å². The molecule has 0 unspecified atom stereocenters. The van der Waals surface area contributed by atoms with Crippen molar-refractivity contribution in [3.63, 3.8) is 0 Å². The molecular formula is C15H15N3O. The number of benzene rings is 1. The van der Waals surface area contributed by atoms with Gasteiger partial charge in [0, 0.05) is 18.3 Å². The lowest BCUT2D eigenvalue weighted by molar-refractivity contribution is 0.308. The summed E-state index contributed by atoms with van der Waals surface area (Å²) in [5, 5.41) is 9.07. The summed E-state index contributed by atoms with van der Waals surface area (Å²) in [5.41, 5.74) is 9.00. The Balaban J connectivity index is 2.03. The number of ether oxygens (including phenoxy) is 1. The van der Waals surface area contributed by atoms with Crippen molar-refractivity contribution in [3.8, 4) is 11.9 Å². The lowest BCUT2D eigenvalue weighted by atomic mass is 10.1. The van der Waals surface area contributed by atoms with E-state index in [4.69, 9.17) is 15.7 Å². The van der Waals surface area contributed by atoms with Crippen molar-refractivity contribution in [2.45, 2.75) is 13.3 Å². The maximum Gasteiger partial charge on any atom is 0.231 e. The second kappa shape index (κ2) is 5.87. The highest BCUT2D eigenvalue weighted by Crippen LogP contribution is 2.18. The fourth-order valence-electron chi connectivity index (χ4n) is 1.80. The Morgan fingerprint density at radius 3 is 2.84 bits per heavy atom. The van der Waals surface area contributed by atoms with Gasteiger partial charge in [-0.15, -0.1) is 0 Å². The predicted molar refractivity (Wildman–Crippen MR) is 73.7 cm³/mol. The number of pyridine rings is 1. The van der Waals surface area contributed by atoms with Gasteiger partial charge in [-0.1, -0.05) is 18.2 Å². The van der Waals surface area contributed by atoms with Crippen LogP contribution in [0.5, 0.6) is 5.88 Å². The van der Waals surface area contributed by atoms with Crippen LogP contribution < -0.4 is 10.5 Å². The lowest BCUT2D eigenvalue weighted by Crippen LogP contribution is -2.06. The molecule has 2 N–H and O–H groups in total. The molecule has 0 bridgehead atoms. The topological polar surface area (TPSA) is 71.9 Å². The molecule has 0 aliphatic carbocycles. The average Bonchev–Trinajstić information content (AvgIpc) is 2.41. The van der Waals surface area contributed by atoms with E-state index in [0.29, 0.717) is 24.5 Å². The first-order chi connectivity index (χ1) is 9.22. The SMILES string of the molecule is Cc1ccnc(OCCc2ccccc2N)c1C#N. The quantitative estimate of drug-likeness (QED) is 0.849. The van der Waals surface area contributed by atoms with Gasteiger partial charge in [-0.25, -0.2) is 4.98 Å². The molecule has 0 aliphatic rings. The zero-order valence-electron chi connectivity index (χ0n) is 10.8. The molecule has 0 spiro atoms. The third-order valence-corrected chi connectivity index (χ3v) is 2.90. The Kier molecular flexibility index (Phi) is 3.99. The lowest BCUT2D eigenvalue weighted by Gasteiger charge is -2.09. The molecule has 4 nitrogen and oxygen atoms in total. The van der Waals surface area contributed by atoms with Gasteiger partial charge >= 0.3 is 0 Å². The Morgan fingerprint density at radius 1 is 1.32 bits per heavy atom. The average molecular weight is 253 g/mol. The molecule has 0 atom stereocenters. The molecule has 2 rings (SSSR count). The van der Waals surface area contributed by atoms with Gasteiger partial charge in [0.15, 0.2) is 0 Å². The second-order valence-electron chi connectivity index (χ2n) is 4.22. The summed E-state index contributed by atoms with van der Waals surface area (Å²) >= 11 is 0. The van der Waals surface area contributed by atoms with Gasteiger partial charge in [0.05, 0.1) is 6.61 Å². The Bertz CT molecular complexity index is 617. The highest BCUT2D eigenvalue weighted by molar-refractivity contribution is 5.46. The number of anilines is 1. The Labute approximate surface area is 112 Å². The third kappa shape index (κ3) is 3.02. The van der Waals surface area contributed by atoms with Crippen molar-refractivity contribution in [1.82, 2.24) is 4.98 Å². The minimum Gasteiger partial charge on any atom is -0.476 e. The maximum atomic E-state index is 9.07. The summed E-state index contributed by atoms with van der Waals surface area (Å²) in [4.78, 5) is 4.09. The van der Waals surface area contributed by atoms with Gasteiger partial charge < -0.3 is 10.5 Å². The molecule has 0 amide bonds. The first-order valence-corrected chi connectivity index (χ1v) is 6.04. The molecule has 4 heteroatoms. The van der Waals surface area contributed by atoms with Crippen molar-refractivity contribution in [2.24, 2.45) is 0 Å². The minimum atomic E-state index is 0.386. The molecule has 1 heterocycles. The molecule has 0 radical (unpaired) electrons. The number of aryl methyl sites for hydroxylation is 1. The number of aromatic nitrogens is 1. The Hall–Kier alpha value is -2.54. The number of hydrogen-bond donors (Lipinski definition) is 1.